The Bertz CT molecular complexity index is 861. The Labute approximate surface area is 154 Å². The van der Waals surface area contributed by atoms with Crippen LogP contribution in [0.2, 0.25) is 0 Å². The van der Waals surface area contributed by atoms with Gasteiger partial charge in [0.25, 0.3) is 5.91 Å². The average molecular weight is 376 g/mol. The summed E-state index contributed by atoms with van der Waals surface area (Å²) < 4.78 is 28.2. The van der Waals surface area contributed by atoms with E-state index < -0.39 is 10.0 Å². The van der Waals surface area contributed by atoms with Crippen LogP contribution >= 0.6 is 0 Å². The summed E-state index contributed by atoms with van der Waals surface area (Å²) in [6.45, 7) is 5.85. The standard InChI is InChI=1S/C19H24N2O4S/c1-13(2)17-6-4-5-7-18(17)25-12-19(22)21-14(3)15-8-10-16(11-9-15)26(20,23)24/h4-11,13-14H,12H2,1-3H3,(H,21,22)(H2,20,23,24)/t14-/m1/s1. The van der Waals surface area contributed by atoms with Crippen LogP contribution in [0.5, 0.6) is 5.75 Å². The SMILES string of the molecule is CC(C)c1ccccc1OCC(=O)N[C@H](C)c1ccc(S(N)(=O)=O)cc1. The fourth-order valence-corrected chi connectivity index (χ4v) is 3.06. The van der Waals surface area contributed by atoms with E-state index in [4.69, 9.17) is 9.88 Å². The number of amides is 1. The third-order valence-corrected chi connectivity index (χ3v) is 4.92. The van der Waals surface area contributed by atoms with Gasteiger partial charge in [0.2, 0.25) is 10.0 Å². The number of nitrogens with two attached hydrogens (primary N) is 1. The van der Waals surface area contributed by atoms with E-state index in [1.165, 1.54) is 12.1 Å². The number of sulfonamides is 1. The summed E-state index contributed by atoms with van der Waals surface area (Å²) in [5.41, 5.74) is 1.82. The second kappa shape index (κ2) is 8.33. The topological polar surface area (TPSA) is 98.5 Å². The van der Waals surface area contributed by atoms with Crippen molar-refractivity contribution >= 4 is 15.9 Å². The molecule has 140 valence electrons. The van der Waals surface area contributed by atoms with Gasteiger partial charge in [-0.1, -0.05) is 44.2 Å². The first kappa shape index (κ1) is 19.9. The number of primary sulfonamides is 1. The molecule has 2 rings (SSSR count). The number of carbonyl (C=O) groups is 1. The molecule has 0 saturated carbocycles. The Kier molecular flexibility index (Phi) is 6.39. The van der Waals surface area contributed by atoms with Crippen LogP contribution in [-0.4, -0.2) is 20.9 Å². The summed E-state index contributed by atoms with van der Waals surface area (Å²) in [5.74, 6) is 0.736. The Morgan fingerprint density at radius 3 is 2.27 bits per heavy atom. The van der Waals surface area contributed by atoms with E-state index in [0.29, 0.717) is 11.7 Å². The minimum atomic E-state index is -3.73. The second-order valence-corrected chi connectivity index (χ2v) is 7.95. The minimum absolute atomic E-state index is 0.0356. The summed E-state index contributed by atoms with van der Waals surface area (Å²) in [7, 11) is -3.73. The third kappa shape index (κ3) is 5.31. The van der Waals surface area contributed by atoms with Gasteiger partial charge in [-0.15, -0.1) is 0 Å². The highest BCUT2D eigenvalue weighted by atomic mass is 32.2. The predicted molar refractivity (Wildman–Crippen MR) is 100 cm³/mol. The molecule has 0 aliphatic carbocycles. The molecule has 3 N–H and O–H groups in total. The third-order valence-electron chi connectivity index (χ3n) is 3.99. The molecule has 0 heterocycles. The molecule has 0 radical (unpaired) electrons. The molecule has 0 spiro atoms. The summed E-state index contributed by atoms with van der Waals surface area (Å²) in [4.78, 5) is 12.2. The van der Waals surface area contributed by atoms with Crippen LogP contribution < -0.4 is 15.2 Å². The Balaban J connectivity index is 1.95. The van der Waals surface area contributed by atoms with Crippen molar-refractivity contribution in [2.45, 2.75) is 37.6 Å². The molecule has 7 heteroatoms. The van der Waals surface area contributed by atoms with Crippen LogP contribution in [0, 0.1) is 0 Å². The van der Waals surface area contributed by atoms with Crippen molar-refractivity contribution in [2.75, 3.05) is 6.61 Å². The van der Waals surface area contributed by atoms with Crippen molar-refractivity contribution < 1.29 is 17.9 Å². The number of nitrogens with one attached hydrogen (secondary N) is 1. The number of para-hydroxylation sites is 1. The van der Waals surface area contributed by atoms with Gasteiger partial charge in [-0.25, -0.2) is 13.6 Å². The van der Waals surface area contributed by atoms with Crippen molar-refractivity contribution in [1.82, 2.24) is 5.32 Å². The molecule has 1 amide bonds. The van der Waals surface area contributed by atoms with Crippen LogP contribution in [0.15, 0.2) is 53.4 Å². The van der Waals surface area contributed by atoms with Crippen LogP contribution in [-0.2, 0) is 14.8 Å². The lowest BCUT2D eigenvalue weighted by Gasteiger charge is -2.17. The van der Waals surface area contributed by atoms with Crippen LogP contribution in [0.3, 0.4) is 0 Å². The van der Waals surface area contributed by atoms with Gasteiger partial charge in [-0.3, -0.25) is 4.79 Å². The van der Waals surface area contributed by atoms with Crippen LogP contribution in [0.1, 0.15) is 43.9 Å². The van der Waals surface area contributed by atoms with E-state index in [2.05, 4.69) is 19.2 Å². The Morgan fingerprint density at radius 2 is 1.69 bits per heavy atom. The largest absolute Gasteiger partial charge is 0.483 e. The van der Waals surface area contributed by atoms with E-state index in [-0.39, 0.29) is 23.5 Å². The first-order chi connectivity index (χ1) is 12.2. The fraction of sp³-hybridized carbons (Fsp3) is 0.316. The van der Waals surface area contributed by atoms with Crippen LogP contribution in [0.25, 0.3) is 0 Å². The fourth-order valence-electron chi connectivity index (χ4n) is 2.54. The van der Waals surface area contributed by atoms with Gasteiger partial charge in [0, 0.05) is 0 Å². The molecule has 26 heavy (non-hydrogen) atoms. The molecule has 0 fully saturated rings. The van der Waals surface area contributed by atoms with Crippen molar-refractivity contribution in [3.63, 3.8) is 0 Å². The number of hydrogen-bond acceptors (Lipinski definition) is 4. The van der Waals surface area contributed by atoms with Gasteiger partial charge in [0.05, 0.1) is 10.9 Å². The summed E-state index contributed by atoms with van der Waals surface area (Å²) in [5, 5.41) is 7.91. The number of rotatable bonds is 7. The molecule has 0 bridgehead atoms. The summed E-state index contributed by atoms with van der Waals surface area (Å²) >= 11 is 0. The van der Waals surface area contributed by atoms with E-state index >= 15 is 0 Å². The molecule has 0 aromatic heterocycles. The highest BCUT2D eigenvalue weighted by molar-refractivity contribution is 7.89. The van der Waals surface area contributed by atoms with Gasteiger partial charge in [0.15, 0.2) is 6.61 Å². The second-order valence-electron chi connectivity index (χ2n) is 6.38. The van der Waals surface area contributed by atoms with Gasteiger partial charge >= 0.3 is 0 Å². The maximum Gasteiger partial charge on any atom is 0.258 e. The smallest absolute Gasteiger partial charge is 0.258 e. The molecule has 2 aromatic carbocycles. The summed E-state index contributed by atoms with van der Waals surface area (Å²) in [6.07, 6.45) is 0. The molecule has 0 aliphatic heterocycles. The molecule has 0 aliphatic rings. The Morgan fingerprint density at radius 1 is 1.08 bits per heavy atom. The molecule has 0 unspecified atom stereocenters. The lowest BCUT2D eigenvalue weighted by Crippen LogP contribution is -2.31. The zero-order valence-corrected chi connectivity index (χ0v) is 15.9. The maximum absolute atomic E-state index is 12.2. The van der Waals surface area contributed by atoms with E-state index in [9.17, 15) is 13.2 Å². The monoisotopic (exact) mass is 376 g/mol. The lowest BCUT2D eigenvalue weighted by molar-refractivity contribution is -0.123. The zero-order valence-electron chi connectivity index (χ0n) is 15.1. The first-order valence-electron chi connectivity index (χ1n) is 8.32. The molecule has 1 atom stereocenters. The highest BCUT2D eigenvalue weighted by Crippen LogP contribution is 2.25. The lowest BCUT2D eigenvalue weighted by atomic mass is 10.0. The average Bonchev–Trinajstić information content (AvgIpc) is 2.59. The minimum Gasteiger partial charge on any atom is -0.483 e. The van der Waals surface area contributed by atoms with E-state index in [1.54, 1.807) is 12.1 Å². The summed E-state index contributed by atoms with van der Waals surface area (Å²) in [6, 6.07) is 13.4. The Hall–Kier alpha value is -2.38. The van der Waals surface area contributed by atoms with Gasteiger partial charge in [-0.05, 0) is 42.2 Å². The van der Waals surface area contributed by atoms with Crippen LogP contribution in [0.4, 0.5) is 0 Å². The van der Waals surface area contributed by atoms with E-state index in [1.807, 2.05) is 31.2 Å². The van der Waals surface area contributed by atoms with Gasteiger partial charge in [0.1, 0.15) is 5.75 Å². The van der Waals surface area contributed by atoms with Crippen molar-refractivity contribution in [3.8, 4) is 5.75 Å². The van der Waals surface area contributed by atoms with Gasteiger partial charge in [-0.2, -0.15) is 0 Å². The van der Waals surface area contributed by atoms with Crippen molar-refractivity contribution in [1.29, 1.82) is 0 Å². The normalized spacial score (nSPS) is 12.7. The van der Waals surface area contributed by atoms with Crippen molar-refractivity contribution in [2.24, 2.45) is 5.14 Å². The predicted octanol–water partition coefficient (Wildman–Crippen LogP) is 2.71. The number of carbonyl (C=O) groups excluding carboxylic acids is 1. The number of hydrogen-bond donors (Lipinski definition) is 2. The van der Waals surface area contributed by atoms with Gasteiger partial charge < -0.3 is 10.1 Å². The molecule has 6 nitrogen and oxygen atoms in total. The highest BCUT2D eigenvalue weighted by Gasteiger charge is 2.13. The van der Waals surface area contributed by atoms with E-state index in [0.717, 1.165) is 11.1 Å². The number of ether oxygens (including phenoxy) is 1. The van der Waals surface area contributed by atoms with Crippen molar-refractivity contribution in [3.05, 3.63) is 59.7 Å². The maximum atomic E-state index is 12.2. The first-order valence-corrected chi connectivity index (χ1v) is 9.87. The molecule has 0 saturated heterocycles. The number of benzene rings is 2. The molecular formula is C19H24N2O4S. The quantitative estimate of drug-likeness (QED) is 0.776. The molecule has 2 aromatic rings. The zero-order chi connectivity index (χ0) is 19.3. The molecular weight excluding hydrogens is 352 g/mol.